The molecule has 1 rings (SSSR count). The summed E-state index contributed by atoms with van der Waals surface area (Å²) in [4.78, 5) is 24.8. The predicted molar refractivity (Wildman–Crippen MR) is 76.4 cm³/mol. The second-order valence-corrected chi connectivity index (χ2v) is 5.57. The van der Waals surface area contributed by atoms with Crippen molar-refractivity contribution in [2.24, 2.45) is 5.92 Å². The van der Waals surface area contributed by atoms with Crippen LogP contribution in [0.15, 0.2) is 12.1 Å². The van der Waals surface area contributed by atoms with Crippen molar-refractivity contribution in [3.05, 3.63) is 27.9 Å². The first kappa shape index (κ1) is 16.8. The number of nitrogens with zero attached hydrogens (tertiary/aromatic N) is 2. The summed E-state index contributed by atoms with van der Waals surface area (Å²) in [6.07, 6.45) is 0.492. The van der Waals surface area contributed by atoms with E-state index in [-0.39, 0.29) is 29.7 Å². The Morgan fingerprint density at radius 3 is 2.62 bits per heavy atom. The smallest absolute Gasteiger partial charge is 0.354 e. The van der Waals surface area contributed by atoms with Gasteiger partial charge in [0.15, 0.2) is 5.69 Å². The van der Waals surface area contributed by atoms with E-state index in [1.165, 1.54) is 0 Å². The molecular weight excluding hydrogens is 278 g/mol. The number of hydrogen-bond acceptors (Lipinski definition) is 6. The SMILES string of the molecule is CC(C)CC(C)(O)CNc1nc(C(=O)O)ccc1[N+](=O)[O-]. The molecule has 0 saturated heterocycles. The number of hydrogen-bond donors (Lipinski definition) is 3. The van der Waals surface area contributed by atoms with Crippen LogP contribution < -0.4 is 5.32 Å². The summed E-state index contributed by atoms with van der Waals surface area (Å²) in [5, 5.41) is 32.6. The van der Waals surface area contributed by atoms with Crippen molar-refractivity contribution in [1.29, 1.82) is 0 Å². The normalized spacial score (nSPS) is 13.8. The van der Waals surface area contributed by atoms with Gasteiger partial charge in [0.1, 0.15) is 0 Å². The lowest BCUT2D eigenvalue weighted by Crippen LogP contribution is -2.35. The highest BCUT2D eigenvalue weighted by molar-refractivity contribution is 5.86. The zero-order valence-electron chi connectivity index (χ0n) is 12.2. The molecule has 1 aromatic rings. The summed E-state index contributed by atoms with van der Waals surface area (Å²) in [5.74, 6) is -1.19. The average Bonchev–Trinajstić information content (AvgIpc) is 2.34. The van der Waals surface area contributed by atoms with Gasteiger partial charge in [-0.25, -0.2) is 9.78 Å². The Morgan fingerprint density at radius 2 is 2.14 bits per heavy atom. The molecule has 0 aliphatic carbocycles. The van der Waals surface area contributed by atoms with Crippen LogP contribution in [-0.2, 0) is 0 Å². The molecule has 0 amide bonds. The lowest BCUT2D eigenvalue weighted by Gasteiger charge is -2.25. The van der Waals surface area contributed by atoms with Gasteiger partial charge in [-0.15, -0.1) is 0 Å². The number of rotatable bonds is 7. The fourth-order valence-corrected chi connectivity index (χ4v) is 2.07. The number of anilines is 1. The summed E-state index contributed by atoms with van der Waals surface area (Å²) >= 11 is 0. The molecule has 0 saturated carbocycles. The van der Waals surface area contributed by atoms with E-state index >= 15 is 0 Å². The Bertz CT molecular complexity index is 543. The molecule has 116 valence electrons. The zero-order valence-corrected chi connectivity index (χ0v) is 12.2. The maximum atomic E-state index is 10.9. The maximum Gasteiger partial charge on any atom is 0.354 e. The number of nitrogens with one attached hydrogen (secondary N) is 1. The van der Waals surface area contributed by atoms with Gasteiger partial charge < -0.3 is 15.5 Å². The van der Waals surface area contributed by atoms with Crippen molar-refractivity contribution in [1.82, 2.24) is 4.98 Å². The topological polar surface area (TPSA) is 126 Å². The van der Waals surface area contributed by atoms with Crippen LogP contribution in [0.4, 0.5) is 11.5 Å². The van der Waals surface area contributed by atoms with Crippen molar-refractivity contribution in [2.45, 2.75) is 32.8 Å². The molecule has 0 radical (unpaired) electrons. The second-order valence-electron chi connectivity index (χ2n) is 5.57. The molecule has 1 atom stereocenters. The average molecular weight is 297 g/mol. The number of aromatic nitrogens is 1. The van der Waals surface area contributed by atoms with E-state index in [1.807, 2.05) is 13.8 Å². The molecular formula is C13H19N3O5. The van der Waals surface area contributed by atoms with Gasteiger partial charge in [0, 0.05) is 12.6 Å². The molecule has 21 heavy (non-hydrogen) atoms. The number of pyridine rings is 1. The zero-order chi connectivity index (χ0) is 16.2. The van der Waals surface area contributed by atoms with Crippen LogP contribution in [0.1, 0.15) is 37.7 Å². The monoisotopic (exact) mass is 297 g/mol. The van der Waals surface area contributed by atoms with Crippen molar-refractivity contribution in [2.75, 3.05) is 11.9 Å². The number of aliphatic hydroxyl groups is 1. The van der Waals surface area contributed by atoms with Crippen molar-refractivity contribution >= 4 is 17.5 Å². The molecule has 1 unspecified atom stereocenters. The number of carbonyl (C=O) groups is 1. The van der Waals surface area contributed by atoms with E-state index in [9.17, 15) is 20.0 Å². The van der Waals surface area contributed by atoms with E-state index in [0.29, 0.717) is 6.42 Å². The van der Waals surface area contributed by atoms with Crippen LogP contribution in [0.25, 0.3) is 0 Å². The molecule has 8 nitrogen and oxygen atoms in total. The van der Waals surface area contributed by atoms with Gasteiger partial charge in [-0.05, 0) is 25.3 Å². The van der Waals surface area contributed by atoms with Crippen LogP contribution >= 0.6 is 0 Å². The van der Waals surface area contributed by atoms with Gasteiger partial charge in [-0.1, -0.05) is 13.8 Å². The number of nitro groups is 1. The fraction of sp³-hybridized carbons (Fsp3) is 0.538. The molecule has 0 spiro atoms. The highest BCUT2D eigenvalue weighted by Gasteiger charge is 2.24. The minimum absolute atomic E-state index is 0.0299. The third-order valence-corrected chi connectivity index (χ3v) is 2.77. The first-order valence-electron chi connectivity index (χ1n) is 6.47. The van der Waals surface area contributed by atoms with Gasteiger partial charge in [0.05, 0.1) is 10.5 Å². The summed E-state index contributed by atoms with van der Waals surface area (Å²) in [7, 11) is 0. The summed E-state index contributed by atoms with van der Waals surface area (Å²) in [6, 6.07) is 2.15. The summed E-state index contributed by atoms with van der Waals surface area (Å²) in [5.41, 5.74) is -1.71. The van der Waals surface area contributed by atoms with Gasteiger partial charge in [0.25, 0.3) is 0 Å². The van der Waals surface area contributed by atoms with Crippen LogP contribution in [-0.4, -0.2) is 38.2 Å². The van der Waals surface area contributed by atoms with Gasteiger partial charge in [0.2, 0.25) is 5.82 Å². The van der Waals surface area contributed by atoms with E-state index < -0.39 is 16.5 Å². The first-order valence-corrected chi connectivity index (χ1v) is 6.47. The minimum Gasteiger partial charge on any atom is -0.477 e. The highest BCUT2D eigenvalue weighted by Crippen LogP contribution is 2.24. The summed E-state index contributed by atoms with van der Waals surface area (Å²) in [6.45, 7) is 5.52. The van der Waals surface area contributed by atoms with Gasteiger partial charge in [-0.2, -0.15) is 0 Å². The standard InChI is InChI=1S/C13H19N3O5/c1-8(2)6-13(3,19)7-14-11-10(16(20)21)5-4-9(15-11)12(17)18/h4-5,8,19H,6-7H2,1-3H3,(H,14,15)(H,17,18). The van der Waals surface area contributed by atoms with Crippen molar-refractivity contribution < 1.29 is 19.9 Å². The van der Waals surface area contributed by atoms with E-state index in [4.69, 9.17) is 5.11 Å². The number of carboxylic acid groups (broad SMARTS) is 1. The van der Waals surface area contributed by atoms with Crippen molar-refractivity contribution in [3.8, 4) is 0 Å². The largest absolute Gasteiger partial charge is 0.477 e. The number of carboxylic acids is 1. The van der Waals surface area contributed by atoms with Crippen LogP contribution in [0, 0.1) is 16.0 Å². The van der Waals surface area contributed by atoms with Crippen LogP contribution in [0.5, 0.6) is 0 Å². The molecule has 8 heteroatoms. The predicted octanol–water partition coefficient (Wildman–Crippen LogP) is 1.90. The maximum absolute atomic E-state index is 10.9. The third-order valence-electron chi connectivity index (χ3n) is 2.77. The Balaban J connectivity index is 2.97. The molecule has 0 aromatic carbocycles. The molecule has 3 N–H and O–H groups in total. The molecule has 0 aliphatic rings. The number of aromatic carboxylic acids is 1. The van der Waals surface area contributed by atoms with E-state index in [0.717, 1.165) is 12.1 Å². The lowest BCUT2D eigenvalue weighted by atomic mass is 9.94. The Labute approximate surface area is 122 Å². The third kappa shape index (κ3) is 4.99. The lowest BCUT2D eigenvalue weighted by molar-refractivity contribution is -0.384. The van der Waals surface area contributed by atoms with Gasteiger partial charge in [-0.3, -0.25) is 10.1 Å². The van der Waals surface area contributed by atoms with Crippen LogP contribution in [0.2, 0.25) is 0 Å². The van der Waals surface area contributed by atoms with Gasteiger partial charge >= 0.3 is 11.7 Å². The molecule has 0 fully saturated rings. The Morgan fingerprint density at radius 1 is 1.52 bits per heavy atom. The van der Waals surface area contributed by atoms with E-state index in [1.54, 1.807) is 6.92 Å². The van der Waals surface area contributed by atoms with Crippen LogP contribution in [0.3, 0.4) is 0 Å². The molecule has 1 heterocycles. The fourth-order valence-electron chi connectivity index (χ4n) is 2.07. The minimum atomic E-state index is -1.28. The van der Waals surface area contributed by atoms with Crippen molar-refractivity contribution in [3.63, 3.8) is 0 Å². The quantitative estimate of drug-likeness (QED) is 0.518. The first-order chi connectivity index (χ1) is 9.62. The molecule has 0 bridgehead atoms. The Hall–Kier alpha value is -2.22. The molecule has 1 aromatic heterocycles. The highest BCUT2D eigenvalue weighted by atomic mass is 16.6. The summed E-state index contributed by atoms with van der Waals surface area (Å²) < 4.78 is 0. The Kier molecular flexibility index (Phi) is 5.20. The molecule has 0 aliphatic heterocycles. The second kappa shape index (κ2) is 6.49. The van der Waals surface area contributed by atoms with E-state index in [2.05, 4.69) is 10.3 Å².